The quantitative estimate of drug-likeness (QED) is 0.490. The van der Waals surface area contributed by atoms with Gasteiger partial charge in [-0.25, -0.2) is 0 Å². The summed E-state index contributed by atoms with van der Waals surface area (Å²) < 4.78 is 0. The fourth-order valence-corrected chi connectivity index (χ4v) is 0. The van der Waals surface area contributed by atoms with Crippen molar-refractivity contribution in [2.75, 3.05) is 0 Å². The van der Waals surface area contributed by atoms with Crippen molar-refractivity contribution in [1.82, 2.24) is 0 Å². The van der Waals surface area contributed by atoms with Crippen molar-refractivity contribution in [3.8, 4) is 0 Å². The van der Waals surface area contributed by atoms with Gasteiger partial charge in [0.1, 0.15) is 0 Å². The zero-order valence-electron chi connectivity index (χ0n) is 10.5. The molecule has 0 aromatic heterocycles. The van der Waals surface area contributed by atoms with Crippen LogP contribution in [0.5, 0.6) is 0 Å². The first-order valence-electron chi connectivity index (χ1n) is 4.56. The summed E-state index contributed by atoms with van der Waals surface area (Å²) in [5.41, 5.74) is 1.79. The van der Waals surface area contributed by atoms with Crippen molar-refractivity contribution in [3.05, 3.63) is 37.0 Å². The third-order valence-electron chi connectivity index (χ3n) is 0.888. The lowest BCUT2D eigenvalue weighted by molar-refractivity contribution is -0.114. The number of carbonyl (C=O) groups excluding carboxylic acids is 2. The SMILES string of the molecule is C.C.C.C=C(C)C.C=C(C)C(C)=O.C=CC(C)=O. The van der Waals surface area contributed by atoms with E-state index >= 15 is 0 Å². The topological polar surface area (TPSA) is 34.1 Å². The van der Waals surface area contributed by atoms with E-state index in [4.69, 9.17) is 0 Å². The highest BCUT2D eigenvalue weighted by Crippen LogP contribution is 1.84. The first-order chi connectivity index (χ1) is 6.64. The molecule has 2 nitrogen and oxygen atoms in total. The van der Waals surface area contributed by atoms with Crippen molar-refractivity contribution in [2.45, 2.75) is 56.9 Å². The highest BCUT2D eigenvalue weighted by molar-refractivity contribution is 5.91. The maximum absolute atomic E-state index is 10.0. The monoisotopic (exact) mass is 258 g/mol. The Morgan fingerprint density at radius 3 is 0.944 bits per heavy atom. The lowest BCUT2D eigenvalue weighted by Gasteiger charge is -1.80. The Labute approximate surface area is 115 Å². The Morgan fingerprint density at radius 2 is 0.944 bits per heavy atom. The second kappa shape index (κ2) is 24.7. The highest BCUT2D eigenvalue weighted by atomic mass is 16.1. The van der Waals surface area contributed by atoms with E-state index in [-0.39, 0.29) is 33.8 Å². The predicted molar refractivity (Wildman–Crippen MR) is 87.1 cm³/mol. The molecule has 0 saturated heterocycles. The number of ketones is 2. The maximum Gasteiger partial charge on any atom is 0.154 e. The Morgan fingerprint density at radius 1 is 0.833 bits per heavy atom. The Balaban J connectivity index is -0.0000000282. The molecule has 0 heterocycles. The number of allylic oxidation sites excluding steroid dienone is 3. The number of Topliss-reactive ketones (excluding diaryl/α,β-unsaturated/α-hetero) is 1. The largest absolute Gasteiger partial charge is 0.295 e. The normalized spacial score (nSPS) is 5.83. The van der Waals surface area contributed by atoms with Gasteiger partial charge in [-0.2, -0.15) is 0 Å². The van der Waals surface area contributed by atoms with Gasteiger partial charge in [-0.1, -0.05) is 41.0 Å². The van der Waals surface area contributed by atoms with Gasteiger partial charge in [-0.05, 0) is 46.3 Å². The van der Waals surface area contributed by atoms with Crippen LogP contribution in [0.25, 0.3) is 0 Å². The highest BCUT2D eigenvalue weighted by Gasteiger charge is 1.85. The molecule has 0 aliphatic heterocycles. The van der Waals surface area contributed by atoms with E-state index in [1.807, 2.05) is 13.8 Å². The molecular weight excluding hydrogens is 224 g/mol. The molecule has 0 rings (SSSR count). The number of hydrogen-bond acceptors (Lipinski definition) is 2. The zero-order valence-corrected chi connectivity index (χ0v) is 10.5. The second-order valence-corrected chi connectivity index (χ2v) is 3.36. The molecule has 0 aliphatic rings. The molecule has 0 spiro atoms. The molecule has 0 atom stereocenters. The fourth-order valence-electron chi connectivity index (χ4n) is 0. The van der Waals surface area contributed by atoms with Gasteiger partial charge in [-0.3, -0.25) is 9.59 Å². The Bertz CT molecular complexity index is 232. The maximum atomic E-state index is 10.0. The molecule has 0 fully saturated rings. The molecule has 110 valence electrons. The lowest BCUT2D eigenvalue weighted by Crippen LogP contribution is -1.86. The van der Waals surface area contributed by atoms with E-state index in [1.54, 1.807) is 6.92 Å². The van der Waals surface area contributed by atoms with Gasteiger partial charge < -0.3 is 0 Å². The van der Waals surface area contributed by atoms with Crippen LogP contribution in [0, 0.1) is 0 Å². The average Bonchev–Trinajstić information content (AvgIpc) is 2.04. The summed E-state index contributed by atoms with van der Waals surface area (Å²) in [6.07, 6.45) is 1.28. The first-order valence-corrected chi connectivity index (χ1v) is 4.56. The van der Waals surface area contributed by atoms with Crippen LogP contribution in [0.3, 0.4) is 0 Å². The minimum atomic E-state index is 0. The van der Waals surface area contributed by atoms with Crippen molar-refractivity contribution in [2.24, 2.45) is 0 Å². The number of hydrogen-bond donors (Lipinski definition) is 0. The van der Waals surface area contributed by atoms with Gasteiger partial charge in [0.2, 0.25) is 0 Å². The molecule has 0 radical (unpaired) electrons. The summed E-state index contributed by atoms with van der Waals surface area (Å²) in [6, 6.07) is 0. The van der Waals surface area contributed by atoms with E-state index in [2.05, 4.69) is 19.7 Å². The van der Waals surface area contributed by atoms with Crippen LogP contribution in [0.4, 0.5) is 0 Å². The van der Waals surface area contributed by atoms with Crippen LogP contribution in [-0.4, -0.2) is 11.6 Å². The Hall–Kier alpha value is -1.44. The van der Waals surface area contributed by atoms with Crippen molar-refractivity contribution in [1.29, 1.82) is 0 Å². The van der Waals surface area contributed by atoms with Gasteiger partial charge >= 0.3 is 0 Å². The van der Waals surface area contributed by atoms with Crippen LogP contribution in [0.1, 0.15) is 56.9 Å². The van der Waals surface area contributed by atoms with Gasteiger partial charge in [0, 0.05) is 0 Å². The van der Waals surface area contributed by atoms with Gasteiger partial charge in [0.25, 0.3) is 0 Å². The molecular formula is C16H34O2. The standard InChI is InChI=1S/C5H8O.C4H6O.C4H8.3CH4/c1-4(2)5(3)6;1-3-4(2)5;1-4(2)3;;;/h1H2,2-3H3;3H,1H2,2H3;1H2,2-3H3;3*1H4. The molecule has 0 unspecified atom stereocenters. The predicted octanol–water partition coefficient (Wildman–Crippen LogP) is 5.40. The summed E-state index contributed by atoms with van der Waals surface area (Å²) in [5.74, 6) is 0.0833. The first kappa shape index (κ1) is 36.0. The number of carbonyl (C=O) groups is 2. The van der Waals surface area contributed by atoms with E-state index in [0.29, 0.717) is 5.57 Å². The van der Waals surface area contributed by atoms with E-state index in [0.717, 1.165) is 0 Å². The summed E-state index contributed by atoms with van der Waals surface area (Å²) >= 11 is 0. The van der Waals surface area contributed by atoms with Crippen LogP contribution in [0.15, 0.2) is 37.0 Å². The third kappa shape index (κ3) is 129. The fraction of sp³-hybridized carbons (Fsp3) is 0.500. The summed E-state index contributed by atoms with van der Waals surface area (Å²) in [4.78, 5) is 19.7. The van der Waals surface area contributed by atoms with E-state index in [1.165, 1.54) is 25.5 Å². The molecule has 0 aromatic rings. The molecule has 0 saturated carbocycles. The van der Waals surface area contributed by atoms with E-state index < -0.39 is 0 Å². The summed E-state index contributed by atoms with van der Waals surface area (Å²) in [7, 11) is 0. The van der Waals surface area contributed by atoms with Crippen LogP contribution in [-0.2, 0) is 9.59 Å². The molecule has 0 aliphatic carbocycles. The molecule has 0 bridgehead atoms. The van der Waals surface area contributed by atoms with Gasteiger partial charge in [0.15, 0.2) is 11.6 Å². The van der Waals surface area contributed by atoms with Gasteiger partial charge in [0.05, 0.1) is 0 Å². The summed E-state index contributed by atoms with van der Waals surface area (Å²) in [6.45, 7) is 18.8. The lowest BCUT2D eigenvalue weighted by atomic mass is 10.3. The third-order valence-corrected chi connectivity index (χ3v) is 0.888. The van der Waals surface area contributed by atoms with Gasteiger partial charge in [-0.15, -0.1) is 6.58 Å². The molecule has 18 heavy (non-hydrogen) atoms. The number of rotatable bonds is 2. The zero-order chi connectivity index (χ0) is 13.0. The van der Waals surface area contributed by atoms with Crippen molar-refractivity contribution >= 4 is 11.6 Å². The Kier molecular flexibility index (Phi) is 49.3. The minimum Gasteiger partial charge on any atom is -0.295 e. The van der Waals surface area contributed by atoms with Crippen LogP contribution >= 0.6 is 0 Å². The van der Waals surface area contributed by atoms with Crippen LogP contribution in [0.2, 0.25) is 0 Å². The molecule has 0 amide bonds. The second-order valence-electron chi connectivity index (χ2n) is 3.36. The average molecular weight is 258 g/mol. The van der Waals surface area contributed by atoms with Crippen molar-refractivity contribution < 1.29 is 9.59 Å². The van der Waals surface area contributed by atoms with E-state index in [9.17, 15) is 9.59 Å². The molecule has 2 heteroatoms. The summed E-state index contributed by atoms with van der Waals surface area (Å²) in [5, 5.41) is 0. The molecule has 0 N–H and O–H groups in total. The molecule has 0 aromatic carbocycles. The minimum absolute atomic E-state index is 0. The van der Waals surface area contributed by atoms with Crippen molar-refractivity contribution in [3.63, 3.8) is 0 Å². The smallest absolute Gasteiger partial charge is 0.154 e. The van der Waals surface area contributed by atoms with Crippen LogP contribution < -0.4 is 0 Å².